The van der Waals surface area contributed by atoms with Gasteiger partial charge in [0.2, 0.25) is 0 Å². The van der Waals surface area contributed by atoms with Gasteiger partial charge >= 0.3 is 0 Å². The van der Waals surface area contributed by atoms with E-state index in [1.165, 1.54) is 0 Å². The molecule has 146 valence electrons. The van der Waals surface area contributed by atoms with E-state index in [1.807, 2.05) is 50.2 Å². The van der Waals surface area contributed by atoms with Crippen LogP contribution in [0.3, 0.4) is 0 Å². The number of rotatable bonds is 10. The summed E-state index contributed by atoms with van der Waals surface area (Å²) in [6, 6.07) is 11.8. The summed E-state index contributed by atoms with van der Waals surface area (Å²) < 4.78 is 11.8. The largest absolute Gasteiger partial charge is 0.823 e. The molecule has 3 nitrogen and oxygen atoms in total. The molecule has 0 unspecified atom stereocenters. The van der Waals surface area contributed by atoms with Gasteiger partial charge in [0.1, 0.15) is 11.5 Å². The average molecular weight is 385 g/mol. The van der Waals surface area contributed by atoms with Gasteiger partial charge < -0.3 is 14.6 Å². The van der Waals surface area contributed by atoms with Gasteiger partial charge in [-0.15, -0.1) is 5.48 Å². The first-order valence-corrected chi connectivity index (χ1v) is 10.7. The van der Waals surface area contributed by atoms with Gasteiger partial charge in [-0.2, -0.15) is 0 Å². The first kappa shape index (κ1) is 21.5. The molecule has 4 heteroatoms. The first-order chi connectivity index (χ1) is 13.1. The molecule has 2 rings (SSSR count). The predicted octanol–water partition coefficient (Wildman–Crippen LogP) is 4.77. The van der Waals surface area contributed by atoms with Crippen molar-refractivity contribution in [2.75, 3.05) is 13.2 Å². The van der Waals surface area contributed by atoms with Crippen LogP contribution >= 0.6 is 8.20 Å². The summed E-state index contributed by atoms with van der Waals surface area (Å²) >= 11 is 0. The summed E-state index contributed by atoms with van der Waals surface area (Å²) in [5.74, 6) is 1.55. The molecule has 0 saturated carbocycles. The summed E-state index contributed by atoms with van der Waals surface area (Å²) in [5, 5.41) is 13.8. The Morgan fingerprint density at radius 3 is 2.19 bits per heavy atom. The van der Waals surface area contributed by atoms with Gasteiger partial charge in [0.05, 0.1) is 13.2 Å². The van der Waals surface area contributed by atoms with Gasteiger partial charge in [0.25, 0.3) is 0 Å². The van der Waals surface area contributed by atoms with E-state index in [4.69, 9.17) is 9.47 Å². The quantitative estimate of drug-likeness (QED) is 0.437. The molecule has 0 heterocycles. The van der Waals surface area contributed by atoms with Crippen LogP contribution in [0.1, 0.15) is 56.2 Å². The normalized spacial score (nSPS) is 11.5. The molecule has 0 N–H and O–H groups in total. The molecule has 0 aromatic heterocycles. The van der Waals surface area contributed by atoms with Crippen molar-refractivity contribution >= 4 is 19.0 Å². The lowest BCUT2D eigenvalue weighted by molar-refractivity contribution is -0.207. The van der Waals surface area contributed by atoms with E-state index in [2.05, 4.69) is 13.8 Å². The Labute approximate surface area is 165 Å². The molecular formula is C23H30O3P-. The van der Waals surface area contributed by atoms with Crippen molar-refractivity contribution in [2.45, 2.75) is 53.4 Å². The van der Waals surface area contributed by atoms with E-state index in [-0.39, 0.29) is 5.48 Å². The van der Waals surface area contributed by atoms with Crippen molar-refractivity contribution in [1.29, 1.82) is 0 Å². The minimum absolute atomic E-state index is 0.102. The minimum atomic E-state index is 0.102. The Morgan fingerprint density at radius 1 is 0.926 bits per heavy atom. The van der Waals surface area contributed by atoms with Crippen LogP contribution in [-0.4, -0.2) is 18.7 Å². The van der Waals surface area contributed by atoms with E-state index < -0.39 is 0 Å². The Morgan fingerprint density at radius 2 is 1.56 bits per heavy atom. The summed E-state index contributed by atoms with van der Waals surface area (Å²) in [5.41, 5.74) is 2.94. The lowest BCUT2D eigenvalue weighted by Gasteiger charge is -2.19. The molecule has 0 atom stereocenters. The van der Waals surface area contributed by atoms with Crippen molar-refractivity contribution in [3.8, 4) is 11.5 Å². The molecular weight excluding hydrogens is 355 g/mol. The average Bonchev–Trinajstić information content (AvgIpc) is 2.64. The van der Waals surface area contributed by atoms with Crippen molar-refractivity contribution in [1.82, 2.24) is 0 Å². The predicted molar refractivity (Wildman–Crippen MR) is 114 cm³/mol. The summed E-state index contributed by atoms with van der Waals surface area (Å²) in [6.45, 7) is 9.59. The Bertz CT molecular complexity index is 748. The molecule has 0 aliphatic carbocycles. The standard InChI is InChI=1S/C23H31O3P/c1-5-7-14-25-19-12-13-21(20(16-19)26-15-8-6-2)27-23(24)22-17(3)10-9-11-18(22)4/h9-13,16,24H,5-8,14-15H2,1-4H3/p-1. The summed E-state index contributed by atoms with van der Waals surface area (Å²) in [7, 11) is 0.633. The molecule has 0 fully saturated rings. The van der Waals surface area contributed by atoms with Crippen LogP contribution in [0.15, 0.2) is 36.4 Å². The van der Waals surface area contributed by atoms with Crippen LogP contribution in [0, 0.1) is 13.8 Å². The van der Waals surface area contributed by atoms with Crippen LogP contribution in [0.2, 0.25) is 0 Å². The van der Waals surface area contributed by atoms with Crippen molar-refractivity contribution in [3.63, 3.8) is 0 Å². The lowest BCUT2D eigenvalue weighted by Crippen LogP contribution is -2.20. The van der Waals surface area contributed by atoms with E-state index >= 15 is 0 Å². The van der Waals surface area contributed by atoms with Crippen LogP contribution < -0.4 is 19.9 Å². The molecule has 0 bridgehead atoms. The van der Waals surface area contributed by atoms with Crippen molar-refractivity contribution in [3.05, 3.63) is 53.1 Å². The van der Waals surface area contributed by atoms with Gasteiger partial charge in [-0.1, -0.05) is 53.1 Å². The van der Waals surface area contributed by atoms with Gasteiger partial charge in [0, 0.05) is 11.4 Å². The van der Waals surface area contributed by atoms with E-state index in [0.717, 1.165) is 59.2 Å². The third kappa shape index (κ3) is 6.37. The van der Waals surface area contributed by atoms with Gasteiger partial charge in [-0.25, -0.2) is 0 Å². The van der Waals surface area contributed by atoms with Gasteiger partial charge in [0.15, 0.2) is 0 Å². The Hall–Kier alpha value is -1.83. The second-order valence-corrected chi connectivity index (χ2v) is 7.83. The SMILES string of the molecule is CCCCOc1ccc(P=C([O-])c2c(C)cccc2C)c(OCCCC)c1. The highest BCUT2D eigenvalue weighted by Gasteiger charge is 2.07. The molecule has 2 aromatic rings. The fraction of sp³-hybridized carbons (Fsp3) is 0.435. The fourth-order valence-corrected chi connectivity index (χ4v) is 3.84. The maximum atomic E-state index is 12.9. The van der Waals surface area contributed by atoms with Gasteiger partial charge in [-0.05, 0) is 55.5 Å². The highest BCUT2D eigenvalue weighted by atomic mass is 31.1. The van der Waals surface area contributed by atoms with Gasteiger partial charge in [-0.3, -0.25) is 0 Å². The molecule has 27 heavy (non-hydrogen) atoms. The van der Waals surface area contributed by atoms with Crippen LogP contribution in [0.5, 0.6) is 11.5 Å². The minimum Gasteiger partial charge on any atom is -0.823 e. The monoisotopic (exact) mass is 385 g/mol. The number of ether oxygens (including phenoxy) is 2. The summed E-state index contributed by atoms with van der Waals surface area (Å²) in [4.78, 5) is 0. The second kappa shape index (κ2) is 11.1. The maximum absolute atomic E-state index is 12.9. The molecule has 0 aliphatic rings. The Balaban J connectivity index is 2.32. The molecule has 2 aromatic carbocycles. The third-order valence-electron chi connectivity index (χ3n) is 4.37. The highest BCUT2D eigenvalue weighted by Crippen LogP contribution is 2.24. The summed E-state index contributed by atoms with van der Waals surface area (Å²) in [6.07, 6.45) is 4.18. The van der Waals surface area contributed by atoms with Crippen LogP contribution in [0.4, 0.5) is 0 Å². The second-order valence-electron chi connectivity index (χ2n) is 6.72. The lowest BCUT2D eigenvalue weighted by atomic mass is 10.0. The zero-order valence-corrected chi connectivity index (χ0v) is 17.8. The number of hydrogen-bond acceptors (Lipinski definition) is 3. The highest BCUT2D eigenvalue weighted by molar-refractivity contribution is 7.49. The van der Waals surface area contributed by atoms with Crippen LogP contribution in [-0.2, 0) is 0 Å². The van der Waals surface area contributed by atoms with E-state index in [9.17, 15) is 5.11 Å². The molecule has 0 amide bonds. The molecule has 0 radical (unpaired) electrons. The number of hydrogen-bond donors (Lipinski definition) is 0. The van der Waals surface area contributed by atoms with Crippen LogP contribution in [0.25, 0.3) is 0 Å². The third-order valence-corrected chi connectivity index (χ3v) is 5.41. The topological polar surface area (TPSA) is 41.5 Å². The molecule has 0 saturated heterocycles. The molecule has 0 aliphatic heterocycles. The maximum Gasteiger partial charge on any atom is 0.134 e. The smallest absolute Gasteiger partial charge is 0.134 e. The van der Waals surface area contributed by atoms with Crippen molar-refractivity contribution < 1.29 is 14.6 Å². The number of aryl methyl sites for hydroxylation is 2. The first-order valence-electron chi connectivity index (χ1n) is 9.78. The number of benzene rings is 2. The number of unbranched alkanes of at least 4 members (excludes halogenated alkanes) is 2. The molecule has 0 spiro atoms. The zero-order valence-electron chi connectivity index (χ0n) is 16.9. The zero-order chi connectivity index (χ0) is 19.6. The van der Waals surface area contributed by atoms with E-state index in [1.54, 1.807) is 0 Å². The van der Waals surface area contributed by atoms with Crippen molar-refractivity contribution in [2.24, 2.45) is 0 Å². The Kier molecular flexibility index (Phi) is 8.84. The fourth-order valence-electron chi connectivity index (χ4n) is 2.77. The van der Waals surface area contributed by atoms with E-state index in [0.29, 0.717) is 21.4 Å².